The van der Waals surface area contributed by atoms with Crippen LogP contribution in [-0.4, -0.2) is 11.6 Å². The van der Waals surface area contributed by atoms with Crippen molar-refractivity contribution in [3.05, 3.63) is 46.2 Å². The quantitative estimate of drug-likeness (QED) is 0.794. The zero-order valence-corrected chi connectivity index (χ0v) is 12.1. The molecule has 0 atom stereocenters. The Kier molecular flexibility index (Phi) is 3.92. The molecule has 0 unspecified atom stereocenters. The normalized spacial score (nSPS) is 18.8. The molecule has 1 saturated carbocycles. The average molecular weight is 273 g/mol. The molecular formula is C16H19NOS. The lowest BCUT2D eigenvalue weighted by Gasteiger charge is -2.17. The summed E-state index contributed by atoms with van der Waals surface area (Å²) in [4.78, 5) is 5.88. The van der Waals surface area contributed by atoms with Crippen molar-refractivity contribution >= 4 is 11.8 Å². The van der Waals surface area contributed by atoms with Crippen LogP contribution in [-0.2, 0) is 4.74 Å². The highest BCUT2D eigenvalue weighted by Gasteiger charge is 2.28. The summed E-state index contributed by atoms with van der Waals surface area (Å²) < 4.78 is 5.84. The Morgan fingerprint density at radius 1 is 1.21 bits per heavy atom. The van der Waals surface area contributed by atoms with E-state index in [1.165, 1.54) is 41.9 Å². The molecule has 2 nitrogen and oxygen atoms in total. The second-order valence-electron chi connectivity index (χ2n) is 4.89. The fourth-order valence-electron chi connectivity index (χ4n) is 2.82. The van der Waals surface area contributed by atoms with E-state index in [4.69, 9.17) is 4.74 Å². The Bertz CT molecular complexity index is 519. The van der Waals surface area contributed by atoms with Gasteiger partial charge in [-0.05, 0) is 55.9 Å². The van der Waals surface area contributed by atoms with E-state index in [0.29, 0.717) is 0 Å². The summed E-state index contributed by atoms with van der Waals surface area (Å²) in [5, 5.41) is 1.09. The van der Waals surface area contributed by atoms with E-state index in [0.717, 1.165) is 18.1 Å². The minimum Gasteiger partial charge on any atom is -0.498 e. The van der Waals surface area contributed by atoms with E-state index in [9.17, 15) is 0 Å². The Balaban J connectivity index is 1.83. The number of hydrogen-bond donors (Lipinski definition) is 0. The Morgan fingerprint density at radius 3 is 2.79 bits per heavy atom. The summed E-state index contributed by atoms with van der Waals surface area (Å²) in [5.41, 5.74) is 3.04. The number of fused-ring (bicyclic) bond motifs is 1. The zero-order chi connectivity index (χ0) is 13.1. The van der Waals surface area contributed by atoms with Gasteiger partial charge in [-0.15, -0.1) is 0 Å². The molecule has 0 bridgehead atoms. The summed E-state index contributed by atoms with van der Waals surface area (Å²) >= 11 is 1.81. The van der Waals surface area contributed by atoms with Crippen LogP contribution in [0.2, 0.25) is 0 Å². The van der Waals surface area contributed by atoms with Gasteiger partial charge in [0.25, 0.3) is 0 Å². The van der Waals surface area contributed by atoms with Gasteiger partial charge < -0.3 is 4.74 Å². The molecule has 1 heterocycles. The number of allylic oxidation sites excluding steroid dienone is 3. The Hall–Kier alpha value is -1.22. The second-order valence-corrected chi connectivity index (χ2v) is 6.01. The van der Waals surface area contributed by atoms with Crippen LogP contribution in [0.1, 0.15) is 39.0 Å². The third-order valence-corrected chi connectivity index (χ3v) is 4.73. The fraction of sp³-hybridized carbons (Fsp3) is 0.438. The smallest absolute Gasteiger partial charge is 0.104 e. The van der Waals surface area contributed by atoms with E-state index in [-0.39, 0.29) is 0 Å². The first-order valence-electron chi connectivity index (χ1n) is 7.04. The highest BCUT2D eigenvalue weighted by Crippen LogP contribution is 2.47. The van der Waals surface area contributed by atoms with Crippen LogP contribution >= 0.6 is 11.8 Å². The zero-order valence-electron chi connectivity index (χ0n) is 11.3. The predicted molar refractivity (Wildman–Crippen MR) is 78.9 cm³/mol. The Morgan fingerprint density at radius 2 is 2.05 bits per heavy atom. The van der Waals surface area contributed by atoms with Crippen LogP contribution in [0.15, 0.2) is 51.2 Å². The molecule has 3 rings (SSSR count). The Labute approximate surface area is 119 Å². The van der Waals surface area contributed by atoms with Crippen molar-refractivity contribution in [3.8, 4) is 0 Å². The molecular weight excluding hydrogens is 254 g/mol. The number of nitrogens with zero attached hydrogens (tertiary/aromatic N) is 1. The lowest BCUT2D eigenvalue weighted by Crippen LogP contribution is -2.00. The van der Waals surface area contributed by atoms with Crippen LogP contribution in [0, 0.1) is 0 Å². The van der Waals surface area contributed by atoms with Crippen LogP contribution in [0.3, 0.4) is 0 Å². The molecule has 2 aliphatic carbocycles. The standard InChI is InChI=1S/C16H19NOS/c1-2-18-14-11-15(13-8-4-3-7-12(13)14)19-16-9-5-6-10-17-16/h5-6,9-10H,2-4,7-8,11H2,1H3. The SMILES string of the molecule is CCOC1=C2CCCCC2=C(Sc2ccccn2)C1. The molecule has 0 aliphatic heterocycles. The maximum absolute atomic E-state index is 5.84. The molecule has 0 radical (unpaired) electrons. The maximum atomic E-state index is 5.84. The molecule has 19 heavy (non-hydrogen) atoms. The molecule has 0 N–H and O–H groups in total. The van der Waals surface area contributed by atoms with Crippen molar-refractivity contribution < 1.29 is 4.74 Å². The summed E-state index contributed by atoms with van der Waals surface area (Å²) in [6.07, 6.45) is 7.85. The van der Waals surface area contributed by atoms with Crippen LogP contribution in [0.5, 0.6) is 0 Å². The van der Waals surface area contributed by atoms with Crippen molar-refractivity contribution in [2.45, 2.75) is 44.1 Å². The summed E-state index contributed by atoms with van der Waals surface area (Å²) in [6, 6.07) is 6.10. The van der Waals surface area contributed by atoms with Crippen molar-refractivity contribution in [1.82, 2.24) is 4.98 Å². The molecule has 1 aromatic rings. The van der Waals surface area contributed by atoms with Crippen LogP contribution in [0.25, 0.3) is 0 Å². The fourth-order valence-corrected chi connectivity index (χ4v) is 3.89. The van der Waals surface area contributed by atoms with Gasteiger partial charge in [-0.2, -0.15) is 0 Å². The van der Waals surface area contributed by atoms with Crippen LogP contribution in [0.4, 0.5) is 0 Å². The number of aromatic nitrogens is 1. The van der Waals surface area contributed by atoms with Gasteiger partial charge in [-0.1, -0.05) is 17.8 Å². The number of pyridine rings is 1. The topological polar surface area (TPSA) is 22.1 Å². The van der Waals surface area contributed by atoms with Gasteiger partial charge in [0.1, 0.15) is 10.8 Å². The third-order valence-electron chi connectivity index (χ3n) is 3.65. The predicted octanol–water partition coefficient (Wildman–Crippen LogP) is 4.70. The largest absolute Gasteiger partial charge is 0.498 e. The van der Waals surface area contributed by atoms with Crippen molar-refractivity contribution in [2.75, 3.05) is 6.61 Å². The van der Waals surface area contributed by atoms with E-state index in [2.05, 4.69) is 18.0 Å². The van der Waals surface area contributed by atoms with E-state index in [1.807, 2.05) is 30.1 Å². The van der Waals surface area contributed by atoms with Gasteiger partial charge in [0, 0.05) is 17.5 Å². The first-order valence-corrected chi connectivity index (χ1v) is 7.86. The minimum atomic E-state index is 0.771. The highest BCUT2D eigenvalue weighted by atomic mass is 32.2. The molecule has 100 valence electrons. The minimum absolute atomic E-state index is 0.771. The monoisotopic (exact) mass is 273 g/mol. The number of thioether (sulfide) groups is 1. The number of hydrogen-bond acceptors (Lipinski definition) is 3. The lowest BCUT2D eigenvalue weighted by molar-refractivity contribution is 0.221. The van der Waals surface area contributed by atoms with Crippen molar-refractivity contribution in [1.29, 1.82) is 0 Å². The lowest BCUT2D eigenvalue weighted by atomic mass is 9.92. The summed E-state index contributed by atoms with van der Waals surface area (Å²) in [6.45, 7) is 2.84. The van der Waals surface area contributed by atoms with Crippen molar-refractivity contribution in [3.63, 3.8) is 0 Å². The van der Waals surface area contributed by atoms with Gasteiger partial charge >= 0.3 is 0 Å². The third kappa shape index (κ3) is 2.71. The molecule has 0 spiro atoms. The van der Waals surface area contributed by atoms with Crippen molar-refractivity contribution in [2.24, 2.45) is 0 Å². The van der Waals surface area contributed by atoms with E-state index >= 15 is 0 Å². The van der Waals surface area contributed by atoms with Gasteiger partial charge in [0.05, 0.1) is 6.61 Å². The molecule has 0 amide bonds. The summed E-state index contributed by atoms with van der Waals surface area (Å²) in [5.74, 6) is 1.22. The number of rotatable bonds is 4. The molecule has 1 aromatic heterocycles. The summed E-state index contributed by atoms with van der Waals surface area (Å²) in [7, 11) is 0. The second kappa shape index (κ2) is 5.83. The molecule has 1 fully saturated rings. The highest BCUT2D eigenvalue weighted by molar-refractivity contribution is 8.03. The van der Waals surface area contributed by atoms with E-state index < -0.39 is 0 Å². The molecule has 0 saturated heterocycles. The van der Waals surface area contributed by atoms with Gasteiger partial charge in [-0.3, -0.25) is 0 Å². The maximum Gasteiger partial charge on any atom is 0.104 e. The van der Waals surface area contributed by atoms with Gasteiger partial charge in [0.2, 0.25) is 0 Å². The molecule has 2 aliphatic rings. The first-order chi connectivity index (χ1) is 9.38. The molecule has 0 aromatic carbocycles. The van der Waals surface area contributed by atoms with Gasteiger partial charge in [0.15, 0.2) is 0 Å². The van der Waals surface area contributed by atoms with E-state index in [1.54, 1.807) is 5.57 Å². The van der Waals surface area contributed by atoms with Crippen LogP contribution < -0.4 is 0 Å². The average Bonchev–Trinajstić information content (AvgIpc) is 2.79. The van der Waals surface area contributed by atoms with Gasteiger partial charge in [-0.25, -0.2) is 4.98 Å². The number of ether oxygens (including phenoxy) is 1. The first kappa shape index (κ1) is 12.8. The molecule has 3 heteroatoms.